The van der Waals surface area contributed by atoms with Crippen molar-refractivity contribution in [3.05, 3.63) is 12.4 Å². The van der Waals surface area contributed by atoms with E-state index < -0.39 is 20.8 Å². The second-order valence-corrected chi connectivity index (χ2v) is 5.74. The highest BCUT2D eigenvalue weighted by atomic mass is 32.3. The van der Waals surface area contributed by atoms with Crippen LogP contribution in [0, 0.1) is 0 Å². The molecule has 12 heteroatoms. The lowest BCUT2D eigenvalue weighted by atomic mass is 10.4. The molecule has 0 aliphatic carbocycles. The normalized spacial score (nSPS) is 19.3. The van der Waals surface area contributed by atoms with Crippen molar-refractivity contribution in [2.24, 2.45) is 0 Å². The Labute approximate surface area is 111 Å². The van der Waals surface area contributed by atoms with E-state index in [1.165, 1.54) is 0 Å². The molecule has 3 N–H and O–H groups in total. The Morgan fingerprint density at radius 1 is 1.16 bits per heavy atom. The average molecular weight is 320 g/mol. The first kappa shape index (κ1) is 18.1. The van der Waals surface area contributed by atoms with E-state index in [-0.39, 0.29) is 6.61 Å². The Morgan fingerprint density at radius 3 is 1.84 bits per heavy atom. The fourth-order valence-electron chi connectivity index (χ4n) is 1.16. The second kappa shape index (κ2) is 7.02. The molecule has 0 fully saturated rings. The molecule has 0 radical (unpaired) electrons. The fraction of sp³-hybridized carbons (Fsp3) is 0.714. The average Bonchev–Trinajstić information content (AvgIpc) is 2.45. The molecule has 114 valence electrons. The third-order valence-corrected chi connectivity index (χ3v) is 3.47. The van der Waals surface area contributed by atoms with Gasteiger partial charge in [-0.05, 0) is 6.92 Å². The summed E-state index contributed by atoms with van der Waals surface area (Å²) in [7, 11) is -8.21. The first-order valence-electron chi connectivity index (χ1n) is 4.89. The van der Waals surface area contributed by atoms with Crippen molar-refractivity contribution < 1.29 is 34.7 Å². The smallest absolute Gasteiger partial charge is 0.395 e. The zero-order valence-electron chi connectivity index (χ0n) is 10.2. The minimum absolute atomic E-state index is 0.225. The van der Waals surface area contributed by atoms with Gasteiger partial charge in [0.1, 0.15) is 0 Å². The van der Waals surface area contributed by atoms with E-state index in [0.717, 1.165) is 6.54 Å². The number of hydrogen-bond donors (Lipinski definition) is 3. The van der Waals surface area contributed by atoms with Crippen molar-refractivity contribution in [3.63, 3.8) is 0 Å². The molecule has 0 aromatic heterocycles. The summed E-state index contributed by atoms with van der Waals surface area (Å²) >= 11 is 0. The lowest BCUT2D eigenvalue weighted by molar-refractivity contribution is 0.159. The van der Waals surface area contributed by atoms with Crippen LogP contribution in [0.5, 0.6) is 0 Å². The van der Waals surface area contributed by atoms with Crippen LogP contribution in [0.15, 0.2) is 12.4 Å². The molecular weight excluding hydrogens is 304 g/mol. The molecule has 0 aromatic carbocycles. The Kier molecular flexibility index (Phi) is 6.68. The molecule has 1 aliphatic heterocycles. The third kappa shape index (κ3) is 8.74. The maximum atomic E-state index is 9.44. The first-order valence-corrected chi connectivity index (χ1v) is 7.62. The Bertz CT molecular complexity index is 469. The van der Waals surface area contributed by atoms with Gasteiger partial charge in [-0.2, -0.15) is 16.8 Å². The van der Waals surface area contributed by atoms with Gasteiger partial charge >= 0.3 is 20.8 Å². The Balaban J connectivity index is 0.000000344. The van der Waals surface area contributed by atoms with Gasteiger partial charge < -0.3 is 14.9 Å². The molecule has 0 spiro atoms. The third-order valence-electron chi connectivity index (χ3n) is 2.09. The highest BCUT2D eigenvalue weighted by Gasteiger charge is 2.17. The second-order valence-electron chi connectivity index (χ2n) is 3.48. The lowest BCUT2D eigenvalue weighted by Crippen LogP contribution is -2.35. The van der Waals surface area contributed by atoms with Crippen molar-refractivity contribution in [2.75, 3.05) is 20.2 Å². The van der Waals surface area contributed by atoms with Crippen LogP contribution in [-0.4, -0.2) is 67.2 Å². The van der Waals surface area contributed by atoms with E-state index in [2.05, 4.69) is 20.4 Å². The van der Waals surface area contributed by atoms with Gasteiger partial charge in [-0.25, -0.2) is 0 Å². The summed E-state index contributed by atoms with van der Waals surface area (Å²) in [6, 6.07) is 0. The predicted octanol–water partition coefficient (Wildman–Crippen LogP) is -1.35. The summed E-state index contributed by atoms with van der Waals surface area (Å²) in [4.78, 5) is 4.20. The van der Waals surface area contributed by atoms with Gasteiger partial charge in [0, 0.05) is 26.0 Å². The van der Waals surface area contributed by atoms with Crippen molar-refractivity contribution in [3.8, 4) is 0 Å². The zero-order valence-corrected chi connectivity index (χ0v) is 11.9. The monoisotopic (exact) mass is 320 g/mol. The molecule has 1 unspecified atom stereocenters. The van der Waals surface area contributed by atoms with Crippen LogP contribution in [0.2, 0.25) is 0 Å². The van der Waals surface area contributed by atoms with Gasteiger partial charge in [-0.3, -0.25) is 9.11 Å². The molecule has 10 nitrogen and oxygen atoms in total. The number of nitrogens with zero attached hydrogens (tertiary/aromatic N) is 2. The van der Waals surface area contributed by atoms with Gasteiger partial charge in [0.2, 0.25) is 0 Å². The Hall–Kier alpha value is -0.920. The topological polar surface area (TPSA) is 145 Å². The van der Waals surface area contributed by atoms with Crippen molar-refractivity contribution in [2.45, 2.75) is 13.1 Å². The van der Waals surface area contributed by atoms with Crippen LogP contribution >= 0.6 is 0 Å². The van der Waals surface area contributed by atoms with E-state index >= 15 is 0 Å². The molecule has 0 amide bonds. The Morgan fingerprint density at radius 2 is 1.63 bits per heavy atom. The van der Waals surface area contributed by atoms with Gasteiger partial charge in [-0.15, -0.1) is 3.63 Å². The van der Waals surface area contributed by atoms with Gasteiger partial charge in [0.25, 0.3) is 0 Å². The largest absolute Gasteiger partial charge is 0.413 e. The first-order chi connectivity index (χ1) is 8.46. The van der Waals surface area contributed by atoms with Crippen molar-refractivity contribution in [1.29, 1.82) is 0 Å². The number of rotatable bonds is 4. The van der Waals surface area contributed by atoms with Crippen molar-refractivity contribution in [1.82, 2.24) is 9.80 Å². The van der Waals surface area contributed by atoms with Crippen LogP contribution < -0.4 is 0 Å². The van der Waals surface area contributed by atoms with Gasteiger partial charge in [-0.1, -0.05) is 0 Å². The number of aliphatic hydroxyl groups excluding tert-OH is 1. The quantitative estimate of drug-likeness (QED) is 0.532. The molecule has 0 aromatic rings. The molecule has 1 rings (SSSR count). The summed E-state index contributed by atoms with van der Waals surface area (Å²) in [5, 5.41) is 8.64. The van der Waals surface area contributed by atoms with E-state index in [4.69, 9.17) is 14.2 Å². The van der Waals surface area contributed by atoms with E-state index in [1.54, 1.807) is 0 Å². The molecule has 19 heavy (non-hydrogen) atoms. The van der Waals surface area contributed by atoms with Crippen LogP contribution in [0.3, 0.4) is 0 Å². The fourth-order valence-corrected chi connectivity index (χ4v) is 2.03. The molecular formula is C7H16N2O8S2. The maximum Gasteiger partial charge on any atom is 0.413 e. The molecule has 0 saturated heterocycles. The number of aliphatic hydroxyl groups is 1. The summed E-state index contributed by atoms with van der Waals surface area (Å²) in [5.74, 6) is 0. The highest BCUT2D eigenvalue weighted by molar-refractivity contribution is 7.94. The number of β-amino-alcohol motifs (C(OH)–C–C–N with tert-alkyl or cyclic N) is 1. The SMILES string of the molecule is CC1N(C)C=CN1CCO.O=S(=O)(O)OS(=O)(=O)O. The van der Waals surface area contributed by atoms with Crippen LogP contribution in [0.25, 0.3) is 0 Å². The lowest BCUT2D eigenvalue weighted by Gasteiger charge is -2.26. The predicted molar refractivity (Wildman–Crippen MR) is 64.3 cm³/mol. The van der Waals surface area contributed by atoms with Crippen LogP contribution in [0.1, 0.15) is 6.92 Å². The maximum absolute atomic E-state index is 9.44. The van der Waals surface area contributed by atoms with E-state index in [1.807, 2.05) is 19.4 Å². The summed E-state index contributed by atoms with van der Waals surface area (Å²) in [6.07, 6.45) is 4.41. The van der Waals surface area contributed by atoms with Gasteiger partial charge in [0.05, 0.1) is 12.8 Å². The van der Waals surface area contributed by atoms with Crippen molar-refractivity contribution >= 4 is 20.8 Å². The minimum atomic E-state index is -5.12. The summed E-state index contributed by atoms with van der Waals surface area (Å²) < 4.78 is 55.6. The molecule has 1 atom stereocenters. The van der Waals surface area contributed by atoms with E-state index in [9.17, 15) is 16.8 Å². The van der Waals surface area contributed by atoms with Crippen LogP contribution in [0.4, 0.5) is 0 Å². The minimum Gasteiger partial charge on any atom is -0.395 e. The molecule has 0 bridgehead atoms. The van der Waals surface area contributed by atoms with Crippen LogP contribution in [-0.2, 0) is 24.4 Å². The standard InChI is InChI=1S/C7H14N2O.H2O7S2/c1-7-8(2)3-4-9(7)5-6-10;1-8(2,3)7-9(4,5)6/h3-4,7,10H,5-6H2,1-2H3;(H,1,2,3)(H,4,5,6). The van der Waals surface area contributed by atoms with E-state index in [0.29, 0.717) is 6.17 Å². The molecule has 1 aliphatic rings. The molecule has 1 heterocycles. The molecule has 0 saturated carbocycles. The number of hydrogen-bond acceptors (Lipinski definition) is 8. The summed E-state index contributed by atoms with van der Waals surface area (Å²) in [5.41, 5.74) is 0. The zero-order chi connectivity index (χ0) is 15.3. The summed E-state index contributed by atoms with van der Waals surface area (Å²) in [6.45, 7) is 3.06. The highest BCUT2D eigenvalue weighted by Crippen LogP contribution is 2.11. The van der Waals surface area contributed by atoms with Gasteiger partial charge in [0.15, 0.2) is 0 Å².